The van der Waals surface area contributed by atoms with Gasteiger partial charge in [-0.15, -0.1) is 0 Å². The Morgan fingerprint density at radius 1 is 1.10 bits per heavy atom. The molecule has 0 aromatic heterocycles. The summed E-state index contributed by atoms with van der Waals surface area (Å²) in [7, 11) is 0. The van der Waals surface area contributed by atoms with Crippen LogP contribution in [-0.2, 0) is 15.7 Å². The highest BCUT2D eigenvalue weighted by atomic mass is 32.1. The van der Waals surface area contributed by atoms with E-state index in [1.54, 1.807) is 6.08 Å². The van der Waals surface area contributed by atoms with E-state index in [0.717, 1.165) is 17.7 Å². The average molecular weight is 435 g/mol. The molecule has 2 N–H and O–H groups in total. The fraction of sp³-hybridized carbons (Fsp3) is 0.238. The lowest BCUT2D eigenvalue weighted by Crippen LogP contribution is -2.38. The molecule has 1 fully saturated rings. The highest BCUT2D eigenvalue weighted by Gasteiger charge is 2.31. The molecular weight excluding hydrogens is 415 g/mol. The zero-order valence-electron chi connectivity index (χ0n) is 15.9. The van der Waals surface area contributed by atoms with E-state index in [2.05, 4.69) is 10.6 Å². The summed E-state index contributed by atoms with van der Waals surface area (Å²) in [5.74, 6) is -0.490. The molecule has 0 atom stereocenters. The quantitative estimate of drug-likeness (QED) is 0.560. The Morgan fingerprint density at radius 3 is 2.47 bits per heavy atom. The predicted octanol–water partition coefficient (Wildman–Crippen LogP) is 4.07. The van der Waals surface area contributed by atoms with Gasteiger partial charge in [-0.2, -0.15) is 13.2 Å². The number of amides is 1. The summed E-state index contributed by atoms with van der Waals surface area (Å²) >= 11 is 5.14. The predicted molar refractivity (Wildman–Crippen MR) is 114 cm³/mol. The zero-order valence-corrected chi connectivity index (χ0v) is 16.7. The fourth-order valence-electron chi connectivity index (χ4n) is 2.94. The molecule has 0 unspecified atom stereocenters. The lowest BCUT2D eigenvalue weighted by Gasteiger charge is -2.31. The number of morpholine rings is 1. The maximum atomic E-state index is 13.2. The van der Waals surface area contributed by atoms with Gasteiger partial charge in [-0.1, -0.05) is 30.3 Å². The standard InChI is InChI=1S/C21H20F3N3O2S/c22-21(23,24)16-7-8-18(27-10-12-29-13-11-27)17(14-16)25-20(30)26-19(28)9-6-15-4-2-1-3-5-15/h1-9,14H,10-13H2,(H2,25,26,28,30). The summed E-state index contributed by atoms with van der Waals surface area (Å²) in [4.78, 5) is 14.0. The summed E-state index contributed by atoms with van der Waals surface area (Å²) in [5, 5.41) is 5.10. The maximum absolute atomic E-state index is 13.2. The van der Waals surface area contributed by atoms with Gasteiger partial charge in [0.1, 0.15) is 0 Å². The van der Waals surface area contributed by atoms with Crippen LogP contribution in [0.25, 0.3) is 6.08 Å². The van der Waals surface area contributed by atoms with E-state index in [4.69, 9.17) is 17.0 Å². The van der Waals surface area contributed by atoms with Crippen molar-refractivity contribution in [2.24, 2.45) is 0 Å². The van der Waals surface area contributed by atoms with Crippen molar-refractivity contribution in [2.75, 3.05) is 36.5 Å². The molecule has 0 radical (unpaired) electrons. The number of nitrogens with one attached hydrogen (secondary N) is 2. The molecule has 1 saturated heterocycles. The van der Waals surface area contributed by atoms with Crippen molar-refractivity contribution in [2.45, 2.75) is 6.18 Å². The van der Waals surface area contributed by atoms with Crippen molar-refractivity contribution in [3.05, 3.63) is 65.7 Å². The van der Waals surface area contributed by atoms with E-state index in [9.17, 15) is 18.0 Å². The Morgan fingerprint density at radius 2 is 1.80 bits per heavy atom. The highest BCUT2D eigenvalue weighted by Crippen LogP contribution is 2.35. The molecule has 1 heterocycles. The molecule has 0 aliphatic carbocycles. The lowest BCUT2D eigenvalue weighted by molar-refractivity contribution is -0.137. The number of alkyl halides is 3. The van der Waals surface area contributed by atoms with Crippen LogP contribution < -0.4 is 15.5 Å². The Hall–Kier alpha value is -2.91. The minimum atomic E-state index is -4.50. The summed E-state index contributed by atoms with van der Waals surface area (Å²) in [5.41, 5.74) is 0.755. The second kappa shape index (κ2) is 9.73. The van der Waals surface area contributed by atoms with Gasteiger partial charge < -0.3 is 15.0 Å². The first-order chi connectivity index (χ1) is 14.3. The third-order valence-electron chi connectivity index (χ3n) is 4.39. The molecule has 3 rings (SSSR count). The largest absolute Gasteiger partial charge is 0.416 e. The number of nitrogens with zero attached hydrogens (tertiary/aromatic N) is 1. The number of carbonyl (C=O) groups excluding carboxylic acids is 1. The molecule has 9 heteroatoms. The van der Waals surface area contributed by atoms with Crippen LogP contribution in [0.15, 0.2) is 54.6 Å². The van der Waals surface area contributed by atoms with Crippen LogP contribution in [-0.4, -0.2) is 37.3 Å². The van der Waals surface area contributed by atoms with Gasteiger partial charge in [0.15, 0.2) is 5.11 Å². The van der Waals surface area contributed by atoms with Crippen molar-refractivity contribution in [3.8, 4) is 0 Å². The molecule has 1 aliphatic heterocycles. The molecule has 2 aromatic rings. The molecule has 158 valence electrons. The SMILES string of the molecule is O=C(C=Cc1ccccc1)NC(=S)Nc1cc(C(F)(F)F)ccc1N1CCOCC1. The van der Waals surface area contributed by atoms with Crippen LogP contribution in [0.3, 0.4) is 0 Å². The second-order valence-electron chi connectivity index (χ2n) is 6.52. The number of hydrogen-bond donors (Lipinski definition) is 2. The molecule has 0 bridgehead atoms. The molecule has 1 aliphatic rings. The third kappa shape index (κ3) is 6.04. The molecule has 0 spiro atoms. The number of anilines is 2. The van der Waals surface area contributed by atoms with Crippen LogP contribution >= 0.6 is 12.2 Å². The van der Waals surface area contributed by atoms with Gasteiger partial charge in [-0.3, -0.25) is 10.1 Å². The van der Waals surface area contributed by atoms with Crippen molar-refractivity contribution in [1.82, 2.24) is 5.32 Å². The summed E-state index contributed by atoms with van der Waals surface area (Å²) in [6.45, 7) is 2.04. The normalized spacial score (nSPS) is 14.6. The van der Waals surface area contributed by atoms with Gasteiger partial charge in [-0.25, -0.2) is 0 Å². The van der Waals surface area contributed by atoms with Gasteiger partial charge in [0.25, 0.3) is 0 Å². The zero-order chi connectivity index (χ0) is 21.6. The van der Waals surface area contributed by atoms with Crippen LogP contribution in [0, 0.1) is 0 Å². The number of carbonyl (C=O) groups is 1. The van der Waals surface area contributed by atoms with Crippen molar-refractivity contribution >= 4 is 40.7 Å². The molecule has 30 heavy (non-hydrogen) atoms. The molecule has 5 nitrogen and oxygen atoms in total. The fourth-order valence-corrected chi connectivity index (χ4v) is 3.15. The summed E-state index contributed by atoms with van der Waals surface area (Å²) in [6, 6.07) is 12.6. The van der Waals surface area contributed by atoms with Gasteiger partial charge in [0.05, 0.1) is 30.2 Å². The molecule has 1 amide bonds. The summed E-state index contributed by atoms with van der Waals surface area (Å²) in [6.07, 6.45) is -1.58. The lowest BCUT2D eigenvalue weighted by atomic mass is 10.1. The number of ether oxygens (including phenoxy) is 1. The Labute approximate surface area is 177 Å². The first-order valence-electron chi connectivity index (χ1n) is 9.22. The van der Waals surface area contributed by atoms with Gasteiger partial charge in [0.2, 0.25) is 5.91 Å². The van der Waals surface area contributed by atoms with Crippen molar-refractivity contribution in [1.29, 1.82) is 0 Å². The number of hydrogen-bond acceptors (Lipinski definition) is 4. The monoisotopic (exact) mass is 435 g/mol. The van der Waals surface area contributed by atoms with Crippen molar-refractivity contribution < 1.29 is 22.7 Å². The first-order valence-corrected chi connectivity index (χ1v) is 9.63. The van der Waals surface area contributed by atoms with E-state index < -0.39 is 17.6 Å². The van der Waals surface area contributed by atoms with Gasteiger partial charge in [-0.05, 0) is 42.1 Å². The number of benzene rings is 2. The molecular formula is C21H20F3N3O2S. The smallest absolute Gasteiger partial charge is 0.378 e. The Kier molecular flexibility index (Phi) is 7.07. The van der Waals surface area contributed by atoms with Crippen LogP contribution in [0.2, 0.25) is 0 Å². The molecule has 0 saturated carbocycles. The van der Waals surface area contributed by atoms with E-state index in [0.29, 0.717) is 32.0 Å². The Bertz CT molecular complexity index is 927. The average Bonchev–Trinajstić information content (AvgIpc) is 2.73. The Balaban J connectivity index is 1.73. The highest BCUT2D eigenvalue weighted by molar-refractivity contribution is 7.80. The van der Waals surface area contributed by atoms with E-state index >= 15 is 0 Å². The van der Waals surface area contributed by atoms with Gasteiger partial charge >= 0.3 is 6.18 Å². The van der Waals surface area contributed by atoms with Gasteiger partial charge in [0, 0.05) is 19.2 Å². The van der Waals surface area contributed by atoms with Crippen LogP contribution in [0.4, 0.5) is 24.5 Å². The number of rotatable bonds is 4. The van der Waals surface area contributed by atoms with Crippen LogP contribution in [0.5, 0.6) is 0 Å². The number of thiocarbonyl (C=S) groups is 1. The van der Waals surface area contributed by atoms with E-state index in [-0.39, 0.29) is 10.8 Å². The van der Waals surface area contributed by atoms with E-state index in [1.165, 1.54) is 12.1 Å². The summed E-state index contributed by atoms with van der Waals surface area (Å²) < 4.78 is 44.8. The minimum Gasteiger partial charge on any atom is -0.378 e. The third-order valence-corrected chi connectivity index (χ3v) is 4.59. The topological polar surface area (TPSA) is 53.6 Å². The van der Waals surface area contributed by atoms with Crippen molar-refractivity contribution in [3.63, 3.8) is 0 Å². The maximum Gasteiger partial charge on any atom is 0.416 e. The first kappa shape index (κ1) is 21.8. The van der Waals surface area contributed by atoms with Crippen LogP contribution in [0.1, 0.15) is 11.1 Å². The van der Waals surface area contributed by atoms with E-state index in [1.807, 2.05) is 35.2 Å². The minimum absolute atomic E-state index is 0.0912. The number of halogens is 3. The molecule has 2 aromatic carbocycles. The second-order valence-corrected chi connectivity index (χ2v) is 6.92.